The number of hydrogen-bond acceptors (Lipinski definition) is 3. The van der Waals surface area contributed by atoms with Crippen molar-refractivity contribution in [1.82, 2.24) is 0 Å². The quantitative estimate of drug-likeness (QED) is 0.748. The third kappa shape index (κ3) is 4.94. The van der Waals surface area contributed by atoms with E-state index < -0.39 is 0 Å². The fraction of sp³-hybridized carbons (Fsp3) is 0.294. The molecule has 106 valence electrons. The van der Waals surface area contributed by atoms with Crippen molar-refractivity contribution in [2.45, 2.75) is 19.4 Å². The average molecular weight is 272 g/mol. The zero-order valence-corrected chi connectivity index (χ0v) is 11.5. The molecule has 2 rings (SSSR count). The van der Waals surface area contributed by atoms with Crippen LogP contribution in [0.1, 0.15) is 18.4 Å². The van der Waals surface area contributed by atoms with E-state index in [0.29, 0.717) is 13.2 Å². The van der Waals surface area contributed by atoms with E-state index in [2.05, 4.69) is 0 Å². The lowest BCUT2D eigenvalue weighted by Gasteiger charge is -2.08. The molecule has 2 aromatic carbocycles. The lowest BCUT2D eigenvalue weighted by molar-refractivity contribution is 0.264. The molecule has 0 saturated heterocycles. The molecule has 0 amide bonds. The van der Waals surface area contributed by atoms with Crippen LogP contribution in [0, 0.1) is 0 Å². The topological polar surface area (TPSA) is 38.7 Å². The largest absolute Gasteiger partial charge is 0.494 e. The maximum Gasteiger partial charge on any atom is 0.119 e. The molecule has 0 heterocycles. The summed E-state index contributed by atoms with van der Waals surface area (Å²) in [4.78, 5) is 0. The first-order valence-corrected chi connectivity index (χ1v) is 6.89. The summed E-state index contributed by atoms with van der Waals surface area (Å²) in [5.74, 6) is 1.71. The van der Waals surface area contributed by atoms with Gasteiger partial charge in [-0.1, -0.05) is 30.3 Å². The number of aliphatic hydroxyl groups excluding tert-OH is 1. The van der Waals surface area contributed by atoms with Crippen LogP contribution in [0.15, 0.2) is 54.6 Å². The molecule has 3 nitrogen and oxygen atoms in total. The Kier molecular flexibility index (Phi) is 5.93. The highest BCUT2D eigenvalue weighted by Gasteiger charge is 1.97. The fourth-order valence-corrected chi connectivity index (χ4v) is 1.83. The van der Waals surface area contributed by atoms with Crippen molar-refractivity contribution in [1.29, 1.82) is 0 Å². The highest BCUT2D eigenvalue weighted by Crippen LogP contribution is 2.14. The first-order valence-electron chi connectivity index (χ1n) is 6.89. The number of rotatable bonds is 8. The molecule has 20 heavy (non-hydrogen) atoms. The van der Waals surface area contributed by atoms with E-state index in [0.717, 1.165) is 29.9 Å². The smallest absolute Gasteiger partial charge is 0.119 e. The van der Waals surface area contributed by atoms with Gasteiger partial charge in [0.15, 0.2) is 0 Å². The predicted octanol–water partition coefficient (Wildman–Crippen LogP) is 3.42. The first-order chi connectivity index (χ1) is 9.88. The van der Waals surface area contributed by atoms with Crippen molar-refractivity contribution in [3.63, 3.8) is 0 Å². The minimum atomic E-state index is 0.0438. The summed E-state index contributed by atoms with van der Waals surface area (Å²) in [7, 11) is 0. The van der Waals surface area contributed by atoms with E-state index in [1.54, 1.807) is 0 Å². The zero-order valence-electron chi connectivity index (χ0n) is 11.5. The van der Waals surface area contributed by atoms with E-state index in [1.807, 2.05) is 54.6 Å². The summed E-state index contributed by atoms with van der Waals surface area (Å²) in [6.45, 7) is 1.40. The van der Waals surface area contributed by atoms with Gasteiger partial charge >= 0.3 is 0 Å². The highest BCUT2D eigenvalue weighted by molar-refractivity contribution is 5.27. The van der Waals surface area contributed by atoms with Gasteiger partial charge in [0.25, 0.3) is 0 Å². The van der Waals surface area contributed by atoms with Crippen LogP contribution < -0.4 is 9.47 Å². The molecule has 2 aromatic rings. The SMILES string of the molecule is OCc1cccc(OCCCCOc2ccccc2)c1. The van der Waals surface area contributed by atoms with Gasteiger partial charge in [-0.05, 0) is 42.7 Å². The molecule has 0 aliphatic carbocycles. The van der Waals surface area contributed by atoms with Crippen LogP contribution in [0.2, 0.25) is 0 Å². The highest BCUT2D eigenvalue weighted by atomic mass is 16.5. The summed E-state index contributed by atoms with van der Waals surface area (Å²) in [5, 5.41) is 9.04. The summed E-state index contributed by atoms with van der Waals surface area (Å²) in [6, 6.07) is 17.3. The van der Waals surface area contributed by atoms with E-state index in [1.165, 1.54) is 0 Å². The van der Waals surface area contributed by atoms with Gasteiger partial charge in [-0.25, -0.2) is 0 Å². The van der Waals surface area contributed by atoms with Crippen molar-refractivity contribution in [3.8, 4) is 11.5 Å². The normalized spacial score (nSPS) is 10.2. The molecule has 0 aromatic heterocycles. The van der Waals surface area contributed by atoms with Crippen LogP contribution in [0.5, 0.6) is 11.5 Å². The number of para-hydroxylation sites is 1. The molecule has 0 radical (unpaired) electrons. The maximum absolute atomic E-state index is 9.04. The van der Waals surface area contributed by atoms with Crippen LogP contribution in [0.25, 0.3) is 0 Å². The minimum absolute atomic E-state index is 0.0438. The van der Waals surface area contributed by atoms with E-state index >= 15 is 0 Å². The van der Waals surface area contributed by atoms with Gasteiger partial charge in [-0.3, -0.25) is 0 Å². The Morgan fingerprint density at radius 1 is 0.750 bits per heavy atom. The van der Waals surface area contributed by atoms with Gasteiger partial charge in [0.1, 0.15) is 11.5 Å². The van der Waals surface area contributed by atoms with Crippen LogP contribution in [-0.2, 0) is 6.61 Å². The molecule has 0 unspecified atom stereocenters. The number of ether oxygens (including phenoxy) is 2. The molecular weight excluding hydrogens is 252 g/mol. The van der Waals surface area contributed by atoms with Crippen LogP contribution >= 0.6 is 0 Å². The Morgan fingerprint density at radius 2 is 1.40 bits per heavy atom. The van der Waals surface area contributed by atoms with Gasteiger partial charge in [-0.2, -0.15) is 0 Å². The second-order valence-corrected chi connectivity index (χ2v) is 4.52. The number of hydrogen-bond donors (Lipinski definition) is 1. The van der Waals surface area contributed by atoms with Crippen molar-refractivity contribution < 1.29 is 14.6 Å². The van der Waals surface area contributed by atoms with Gasteiger partial charge in [0.2, 0.25) is 0 Å². The molecule has 1 N–H and O–H groups in total. The summed E-state index contributed by atoms with van der Waals surface area (Å²) in [6.07, 6.45) is 1.89. The Labute approximate surface area is 119 Å². The number of unbranched alkanes of at least 4 members (excludes halogenated alkanes) is 1. The first kappa shape index (κ1) is 14.4. The van der Waals surface area contributed by atoms with Crippen LogP contribution in [-0.4, -0.2) is 18.3 Å². The zero-order chi connectivity index (χ0) is 14.0. The molecule has 3 heteroatoms. The molecule has 0 spiro atoms. The third-order valence-electron chi connectivity index (χ3n) is 2.90. The second-order valence-electron chi connectivity index (χ2n) is 4.52. The van der Waals surface area contributed by atoms with Crippen molar-refractivity contribution in [2.75, 3.05) is 13.2 Å². The molecule has 0 aliphatic heterocycles. The van der Waals surface area contributed by atoms with E-state index in [-0.39, 0.29) is 6.61 Å². The minimum Gasteiger partial charge on any atom is -0.494 e. The monoisotopic (exact) mass is 272 g/mol. The molecule has 0 fully saturated rings. The van der Waals surface area contributed by atoms with E-state index in [4.69, 9.17) is 14.6 Å². The lowest BCUT2D eigenvalue weighted by Crippen LogP contribution is -2.02. The summed E-state index contributed by atoms with van der Waals surface area (Å²) >= 11 is 0. The van der Waals surface area contributed by atoms with Gasteiger partial charge in [0, 0.05) is 0 Å². The van der Waals surface area contributed by atoms with Gasteiger partial charge in [-0.15, -0.1) is 0 Å². The van der Waals surface area contributed by atoms with Gasteiger partial charge in [0.05, 0.1) is 19.8 Å². The molecule has 0 atom stereocenters. The Morgan fingerprint density at radius 3 is 2.10 bits per heavy atom. The maximum atomic E-state index is 9.04. The second kappa shape index (κ2) is 8.23. The molecule has 0 bridgehead atoms. The standard InChI is InChI=1S/C17H20O3/c18-14-15-7-6-10-17(13-15)20-12-5-4-11-19-16-8-2-1-3-9-16/h1-3,6-10,13,18H,4-5,11-12,14H2. The van der Waals surface area contributed by atoms with Crippen molar-refractivity contribution in [2.24, 2.45) is 0 Å². The van der Waals surface area contributed by atoms with Crippen LogP contribution in [0.3, 0.4) is 0 Å². The number of aliphatic hydroxyl groups is 1. The van der Waals surface area contributed by atoms with Crippen LogP contribution in [0.4, 0.5) is 0 Å². The average Bonchev–Trinajstić information content (AvgIpc) is 2.52. The predicted molar refractivity (Wildman–Crippen MR) is 79.0 cm³/mol. The lowest BCUT2D eigenvalue weighted by atomic mass is 10.2. The third-order valence-corrected chi connectivity index (χ3v) is 2.90. The van der Waals surface area contributed by atoms with Gasteiger partial charge < -0.3 is 14.6 Å². The van der Waals surface area contributed by atoms with Crippen molar-refractivity contribution in [3.05, 3.63) is 60.2 Å². The molecule has 0 aliphatic rings. The Hall–Kier alpha value is -2.00. The van der Waals surface area contributed by atoms with E-state index in [9.17, 15) is 0 Å². The number of benzene rings is 2. The Bertz CT molecular complexity index is 497. The summed E-state index contributed by atoms with van der Waals surface area (Å²) in [5.41, 5.74) is 0.870. The summed E-state index contributed by atoms with van der Waals surface area (Å²) < 4.78 is 11.2. The Balaban J connectivity index is 1.59. The van der Waals surface area contributed by atoms with Crippen molar-refractivity contribution >= 4 is 0 Å². The fourth-order valence-electron chi connectivity index (χ4n) is 1.83. The molecule has 0 saturated carbocycles. The molecular formula is C17H20O3.